The monoisotopic (exact) mass is 174 g/mol. The van der Waals surface area contributed by atoms with Crippen LogP contribution in [0.15, 0.2) is 0 Å². The van der Waals surface area contributed by atoms with Gasteiger partial charge in [0.05, 0.1) is 26.9 Å². The fourth-order valence-electron chi connectivity index (χ4n) is 1.49. The van der Waals surface area contributed by atoms with Crippen LogP contribution in [0.5, 0.6) is 0 Å². The van der Waals surface area contributed by atoms with Crippen LogP contribution in [0.2, 0.25) is 0 Å². The van der Waals surface area contributed by atoms with Gasteiger partial charge in [0.15, 0.2) is 0 Å². The van der Waals surface area contributed by atoms with Gasteiger partial charge in [-0.3, -0.25) is 0 Å². The van der Waals surface area contributed by atoms with Crippen molar-refractivity contribution in [1.29, 1.82) is 0 Å². The second-order valence-corrected chi connectivity index (χ2v) is 4.06. The Hall–Kier alpha value is -0.620. The van der Waals surface area contributed by atoms with Crippen molar-refractivity contribution in [3.8, 4) is 12.3 Å². The maximum atomic E-state index is 12.5. The first-order valence-electron chi connectivity index (χ1n) is 4.01. The van der Waals surface area contributed by atoms with Gasteiger partial charge in [0.25, 0.3) is 5.92 Å². The molecule has 1 aliphatic rings. The van der Waals surface area contributed by atoms with Gasteiger partial charge in [-0.2, -0.15) is 0 Å². The Labute approximate surface area is 72.0 Å². The van der Waals surface area contributed by atoms with Crippen molar-refractivity contribution in [2.24, 2.45) is 0 Å². The number of terminal acetylenes is 1. The number of nitrogens with zero attached hydrogens (tertiary/aromatic N) is 1. The molecule has 1 saturated carbocycles. The third-order valence-electron chi connectivity index (χ3n) is 2.56. The molecule has 0 aromatic carbocycles. The Morgan fingerprint density at radius 3 is 2.33 bits per heavy atom. The molecule has 1 aliphatic carbocycles. The van der Waals surface area contributed by atoms with Crippen molar-refractivity contribution in [1.82, 2.24) is 0 Å². The van der Waals surface area contributed by atoms with Gasteiger partial charge in [-0.1, -0.05) is 0 Å². The molecule has 0 aromatic rings. The first-order chi connectivity index (χ1) is 5.37. The minimum atomic E-state index is -2.44. The zero-order chi connectivity index (χ0) is 9.41. The van der Waals surface area contributed by atoms with Gasteiger partial charge in [-0.05, 0) is 5.92 Å². The Morgan fingerprint density at radius 1 is 1.50 bits per heavy atom. The van der Waals surface area contributed by atoms with Crippen LogP contribution in [0.4, 0.5) is 8.78 Å². The average Bonchev–Trinajstić information content (AvgIpc) is 1.82. The van der Waals surface area contributed by atoms with Crippen LogP contribution in [-0.4, -0.2) is 37.1 Å². The van der Waals surface area contributed by atoms with Crippen LogP contribution in [0.1, 0.15) is 12.8 Å². The second-order valence-electron chi connectivity index (χ2n) is 4.06. The van der Waals surface area contributed by atoms with E-state index in [2.05, 4.69) is 5.92 Å². The van der Waals surface area contributed by atoms with E-state index in [4.69, 9.17) is 6.42 Å². The van der Waals surface area contributed by atoms with Crippen molar-refractivity contribution < 1.29 is 13.3 Å². The molecule has 0 aromatic heterocycles. The summed E-state index contributed by atoms with van der Waals surface area (Å²) in [7, 11) is 3.81. The van der Waals surface area contributed by atoms with Crippen LogP contribution in [0.3, 0.4) is 0 Å². The third-order valence-corrected chi connectivity index (χ3v) is 2.56. The molecule has 0 unspecified atom stereocenters. The van der Waals surface area contributed by atoms with E-state index >= 15 is 0 Å². The molecule has 68 valence electrons. The smallest absolute Gasteiger partial charge is 0.259 e. The molecule has 1 fully saturated rings. The molecule has 0 amide bonds. The molecular formula is C9H14F2N+. The van der Waals surface area contributed by atoms with E-state index in [0.29, 0.717) is 11.0 Å². The average molecular weight is 174 g/mol. The standard InChI is InChI=1S/C9H14F2N/c1-4-5-12(2,3)8-6-9(10,11)7-8/h1,8H,5-7H2,2-3H3/q+1. The molecule has 3 heteroatoms. The summed E-state index contributed by atoms with van der Waals surface area (Å²) in [6, 6.07) is 0.0380. The van der Waals surface area contributed by atoms with E-state index < -0.39 is 5.92 Å². The van der Waals surface area contributed by atoms with Crippen LogP contribution < -0.4 is 0 Å². The van der Waals surface area contributed by atoms with Crippen LogP contribution >= 0.6 is 0 Å². The van der Waals surface area contributed by atoms with E-state index in [9.17, 15) is 8.78 Å². The van der Waals surface area contributed by atoms with Gasteiger partial charge >= 0.3 is 0 Å². The zero-order valence-electron chi connectivity index (χ0n) is 7.48. The van der Waals surface area contributed by atoms with Crippen molar-refractivity contribution in [2.75, 3.05) is 20.6 Å². The SMILES string of the molecule is C#CC[N+](C)(C)C1CC(F)(F)C1. The number of halogens is 2. The number of hydrogen-bond donors (Lipinski definition) is 0. The Bertz CT molecular complexity index is 207. The largest absolute Gasteiger partial charge is 0.316 e. The Morgan fingerprint density at radius 2 is 2.00 bits per heavy atom. The summed E-state index contributed by atoms with van der Waals surface area (Å²) in [4.78, 5) is 0. The van der Waals surface area contributed by atoms with Crippen molar-refractivity contribution in [3.05, 3.63) is 0 Å². The fourth-order valence-corrected chi connectivity index (χ4v) is 1.49. The highest BCUT2D eigenvalue weighted by Crippen LogP contribution is 2.41. The van der Waals surface area contributed by atoms with Crippen LogP contribution in [0.25, 0.3) is 0 Å². The van der Waals surface area contributed by atoms with Gasteiger partial charge in [0.1, 0.15) is 12.6 Å². The predicted molar refractivity (Wildman–Crippen MR) is 43.8 cm³/mol. The summed E-state index contributed by atoms with van der Waals surface area (Å²) in [6.07, 6.45) is 5.12. The summed E-state index contributed by atoms with van der Waals surface area (Å²) in [5.74, 6) is 0.0760. The quantitative estimate of drug-likeness (QED) is 0.439. The number of hydrogen-bond acceptors (Lipinski definition) is 0. The molecular weight excluding hydrogens is 160 g/mol. The molecule has 0 spiro atoms. The molecule has 0 N–H and O–H groups in total. The van der Waals surface area contributed by atoms with Gasteiger partial charge in [-0.15, -0.1) is 6.42 Å². The maximum Gasteiger partial charge on any atom is 0.259 e. The van der Waals surface area contributed by atoms with Crippen molar-refractivity contribution >= 4 is 0 Å². The molecule has 12 heavy (non-hydrogen) atoms. The van der Waals surface area contributed by atoms with E-state index in [1.807, 2.05) is 14.1 Å². The summed E-state index contributed by atoms with van der Waals surface area (Å²) in [6.45, 7) is 0.529. The minimum Gasteiger partial charge on any atom is -0.316 e. The van der Waals surface area contributed by atoms with Crippen molar-refractivity contribution in [3.63, 3.8) is 0 Å². The molecule has 0 aliphatic heterocycles. The number of quaternary nitrogens is 1. The predicted octanol–water partition coefficient (Wildman–Crippen LogP) is 1.49. The number of alkyl halides is 2. The summed E-state index contributed by atoms with van der Waals surface area (Å²) in [5, 5.41) is 0. The summed E-state index contributed by atoms with van der Waals surface area (Å²) >= 11 is 0. The number of rotatable bonds is 2. The summed E-state index contributed by atoms with van der Waals surface area (Å²) < 4.78 is 25.5. The highest BCUT2D eigenvalue weighted by Gasteiger charge is 2.52. The molecule has 1 nitrogen and oxygen atoms in total. The van der Waals surface area contributed by atoms with Gasteiger partial charge < -0.3 is 4.48 Å². The van der Waals surface area contributed by atoms with Crippen LogP contribution in [0, 0.1) is 12.3 Å². The van der Waals surface area contributed by atoms with Crippen LogP contribution in [-0.2, 0) is 0 Å². The lowest BCUT2D eigenvalue weighted by atomic mass is 9.85. The molecule has 0 saturated heterocycles. The Balaban J connectivity index is 2.47. The topological polar surface area (TPSA) is 0 Å². The first-order valence-corrected chi connectivity index (χ1v) is 4.01. The minimum absolute atomic E-state index is 0.0122. The molecule has 0 radical (unpaired) electrons. The van der Waals surface area contributed by atoms with Gasteiger partial charge in [0.2, 0.25) is 0 Å². The maximum absolute atomic E-state index is 12.5. The second kappa shape index (κ2) is 2.70. The highest BCUT2D eigenvalue weighted by atomic mass is 19.3. The third kappa shape index (κ3) is 1.75. The fraction of sp³-hybridized carbons (Fsp3) is 0.778. The van der Waals surface area contributed by atoms with Gasteiger partial charge in [0, 0.05) is 0 Å². The molecule has 0 bridgehead atoms. The van der Waals surface area contributed by atoms with E-state index in [1.165, 1.54) is 0 Å². The van der Waals surface area contributed by atoms with E-state index in [1.54, 1.807) is 0 Å². The Kier molecular flexibility index (Phi) is 2.13. The van der Waals surface area contributed by atoms with E-state index in [-0.39, 0.29) is 18.9 Å². The highest BCUT2D eigenvalue weighted by molar-refractivity contribution is 4.90. The lowest BCUT2D eigenvalue weighted by Gasteiger charge is -2.45. The normalized spacial score (nSPS) is 22.9. The lowest BCUT2D eigenvalue weighted by Crippen LogP contribution is -2.59. The lowest BCUT2D eigenvalue weighted by molar-refractivity contribution is -0.917. The molecule has 0 atom stereocenters. The zero-order valence-corrected chi connectivity index (χ0v) is 7.48. The summed E-state index contributed by atoms with van der Waals surface area (Å²) in [5.41, 5.74) is 0. The van der Waals surface area contributed by atoms with E-state index in [0.717, 1.165) is 0 Å². The van der Waals surface area contributed by atoms with Gasteiger partial charge in [-0.25, -0.2) is 8.78 Å². The molecule has 1 rings (SSSR count). The van der Waals surface area contributed by atoms with Crippen molar-refractivity contribution in [2.45, 2.75) is 24.8 Å². The molecule has 0 heterocycles. The first kappa shape index (κ1) is 9.47.